The highest BCUT2D eigenvalue weighted by Gasteiger charge is 2.00. The van der Waals surface area contributed by atoms with Crippen LogP contribution in [0.4, 0.5) is 0 Å². The van der Waals surface area contributed by atoms with E-state index in [0.29, 0.717) is 19.8 Å². The summed E-state index contributed by atoms with van der Waals surface area (Å²) in [7, 11) is 3.56. The van der Waals surface area contributed by atoms with Gasteiger partial charge in [-0.1, -0.05) is 5.21 Å². The number of nitrogens with zero attached hydrogens (tertiary/aromatic N) is 3. The van der Waals surface area contributed by atoms with Gasteiger partial charge in [-0.2, -0.15) is 0 Å². The van der Waals surface area contributed by atoms with Crippen LogP contribution in [0.3, 0.4) is 0 Å². The van der Waals surface area contributed by atoms with Gasteiger partial charge in [-0.25, -0.2) is 4.68 Å². The third-order valence-electron chi connectivity index (χ3n) is 1.86. The molecule has 0 aromatic carbocycles. The normalized spacial score (nSPS) is 10.8. The average molecular weight is 214 g/mol. The smallest absolute Gasteiger partial charge is 0.108 e. The average Bonchev–Trinajstić information content (AvgIpc) is 2.69. The van der Waals surface area contributed by atoms with Crippen molar-refractivity contribution < 1.29 is 9.47 Å². The van der Waals surface area contributed by atoms with Gasteiger partial charge in [0.2, 0.25) is 0 Å². The SMILES string of the molecule is CNCCOCc1cn(CCOC)nn1. The maximum atomic E-state index is 5.37. The minimum atomic E-state index is 0.509. The molecule has 1 aromatic rings. The van der Waals surface area contributed by atoms with E-state index in [1.165, 1.54) is 0 Å². The topological polar surface area (TPSA) is 61.2 Å². The molecule has 0 saturated carbocycles. The summed E-state index contributed by atoms with van der Waals surface area (Å²) in [4.78, 5) is 0. The van der Waals surface area contributed by atoms with E-state index < -0.39 is 0 Å². The van der Waals surface area contributed by atoms with Crippen molar-refractivity contribution in [3.63, 3.8) is 0 Å². The Morgan fingerprint density at radius 2 is 2.33 bits per heavy atom. The van der Waals surface area contributed by atoms with Crippen LogP contribution >= 0.6 is 0 Å². The van der Waals surface area contributed by atoms with E-state index in [2.05, 4.69) is 15.6 Å². The van der Waals surface area contributed by atoms with Crippen molar-refractivity contribution in [2.24, 2.45) is 0 Å². The number of rotatable bonds is 8. The Morgan fingerprint density at radius 3 is 3.07 bits per heavy atom. The molecule has 0 radical (unpaired) electrons. The van der Waals surface area contributed by atoms with Crippen LogP contribution in [0, 0.1) is 0 Å². The summed E-state index contributed by atoms with van der Waals surface area (Å²) < 4.78 is 12.1. The van der Waals surface area contributed by atoms with Crippen molar-refractivity contribution in [3.8, 4) is 0 Å². The summed E-state index contributed by atoms with van der Waals surface area (Å²) in [6.07, 6.45) is 1.87. The lowest BCUT2D eigenvalue weighted by Gasteiger charge is -2.00. The zero-order valence-corrected chi connectivity index (χ0v) is 9.27. The lowest BCUT2D eigenvalue weighted by molar-refractivity contribution is 0.121. The van der Waals surface area contributed by atoms with E-state index in [4.69, 9.17) is 9.47 Å². The van der Waals surface area contributed by atoms with Crippen LogP contribution in [0.15, 0.2) is 6.20 Å². The van der Waals surface area contributed by atoms with Crippen molar-refractivity contribution in [1.29, 1.82) is 0 Å². The molecule has 0 aliphatic heterocycles. The fraction of sp³-hybridized carbons (Fsp3) is 0.778. The van der Waals surface area contributed by atoms with Crippen LogP contribution in [0.1, 0.15) is 5.69 Å². The van der Waals surface area contributed by atoms with Crippen LogP contribution in [-0.2, 0) is 22.6 Å². The predicted octanol–water partition coefficient (Wildman–Crippen LogP) is -0.339. The maximum absolute atomic E-state index is 5.37. The molecule has 6 heteroatoms. The Morgan fingerprint density at radius 1 is 1.47 bits per heavy atom. The van der Waals surface area contributed by atoms with Crippen molar-refractivity contribution in [2.75, 3.05) is 33.9 Å². The molecule has 6 nitrogen and oxygen atoms in total. The van der Waals surface area contributed by atoms with Gasteiger partial charge in [-0.15, -0.1) is 5.10 Å². The molecule has 0 atom stereocenters. The number of ether oxygens (including phenoxy) is 2. The molecule has 0 spiro atoms. The second-order valence-electron chi connectivity index (χ2n) is 3.12. The Bertz CT molecular complexity index is 264. The quantitative estimate of drug-likeness (QED) is 0.600. The van der Waals surface area contributed by atoms with Crippen molar-refractivity contribution in [3.05, 3.63) is 11.9 Å². The minimum Gasteiger partial charge on any atom is -0.383 e. The third-order valence-corrected chi connectivity index (χ3v) is 1.86. The molecule has 1 aromatic heterocycles. The highest BCUT2D eigenvalue weighted by Crippen LogP contribution is 1.95. The first-order valence-electron chi connectivity index (χ1n) is 4.97. The van der Waals surface area contributed by atoms with E-state index >= 15 is 0 Å². The van der Waals surface area contributed by atoms with E-state index in [0.717, 1.165) is 18.8 Å². The molecule has 1 N–H and O–H groups in total. The number of likely N-dealkylation sites (N-methyl/N-ethyl adjacent to an activating group) is 1. The maximum Gasteiger partial charge on any atom is 0.108 e. The summed E-state index contributed by atoms with van der Waals surface area (Å²) in [5.74, 6) is 0. The molecule has 1 rings (SSSR count). The molecule has 0 amide bonds. The summed E-state index contributed by atoms with van der Waals surface area (Å²) in [6.45, 7) is 3.40. The monoisotopic (exact) mass is 214 g/mol. The van der Waals surface area contributed by atoms with Gasteiger partial charge in [0.25, 0.3) is 0 Å². The zero-order valence-electron chi connectivity index (χ0n) is 9.27. The molecule has 86 valence electrons. The highest BCUT2D eigenvalue weighted by molar-refractivity contribution is 4.89. The second-order valence-corrected chi connectivity index (χ2v) is 3.12. The number of aromatic nitrogens is 3. The Balaban J connectivity index is 2.20. The molecule has 0 aliphatic carbocycles. The fourth-order valence-corrected chi connectivity index (χ4v) is 1.05. The Hall–Kier alpha value is -0.980. The van der Waals surface area contributed by atoms with Gasteiger partial charge >= 0.3 is 0 Å². The van der Waals surface area contributed by atoms with E-state index in [1.54, 1.807) is 11.8 Å². The molecule has 0 saturated heterocycles. The lowest BCUT2D eigenvalue weighted by Crippen LogP contribution is -2.14. The minimum absolute atomic E-state index is 0.509. The second kappa shape index (κ2) is 7.33. The predicted molar refractivity (Wildman–Crippen MR) is 55.5 cm³/mol. The molecule has 15 heavy (non-hydrogen) atoms. The van der Waals surface area contributed by atoms with Crippen LogP contribution in [0.5, 0.6) is 0 Å². The van der Waals surface area contributed by atoms with Crippen LogP contribution in [-0.4, -0.2) is 48.9 Å². The van der Waals surface area contributed by atoms with Crippen LogP contribution in [0.25, 0.3) is 0 Å². The van der Waals surface area contributed by atoms with Gasteiger partial charge in [-0.3, -0.25) is 0 Å². The highest BCUT2D eigenvalue weighted by atomic mass is 16.5. The summed E-state index contributed by atoms with van der Waals surface area (Å²) in [5.41, 5.74) is 0.849. The zero-order chi connectivity index (χ0) is 10.9. The van der Waals surface area contributed by atoms with Gasteiger partial charge in [-0.05, 0) is 7.05 Å². The van der Waals surface area contributed by atoms with E-state index in [-0.39, 0.29) is 0 Å². The first-order valence-corrected chi connectivity index (χ1v) is 4.97. The first-order chi connectivity index (χ1) is 7.36. The first kappa shape index (κ1) is 12.1. The molecule has 0 bridgehead atoms. The van der Waals surface area contributed by atoms with Gasteiger partial charge < -0.3 is 14.8 Å². The molecule has 1 heterocycles. The van der Waals surface area contributed by atoms with Gasteiger partial charge in [0.05, 0.1) is 32.6 Å². The standard InChI is InChI=1S/C9H18N4O2/c1-10-3-5-15-8-9-7-13(12-11-9)4-6-14-2/h7,10H,3-6,8H2,1-2H3. The van der Waals surface area contributed by atoms with Crippen LogP contribution in [0.2, 0.25) is 0 Å². The van der Waals surface area contributed by atoms with Gasteiger partial charge in [0.15, 0.2) is 0 Å². The van der Waals surface area contributed by atoms with Crippen molar-refractivity contribution >= 4 is 0 Å². The van der Waals surface area contributed by atoms with Gasteiger partial charge in [0.1, 0.15) is 5.69 Å². The number of methoxy groups -OCH3 is 1. The van der Waals surface area contributed by atoms with Gasteiger partial charge in [0, 0.05) is 13.7 Å². The molecule has 0 fully saturated rings. The Kier molecular flexibility index (Phi) is 5.91. The molecular weight excluding hydrogens is 196 g/mol. The fourth-order valence-electron chi connectivity index (χ4n) is 1.05. The number of hydrogen-bond donors (Lipinski definition) is 1. The van der Waals surface area contributed by atoms with Crippen molar-refractivity contribution in [2.45, 2.75) is 13.2 Å². The molecular formula is C9H18N4O2. The molecule has 0 unspecified atom stereocenters. The molecule has 0 aliphatic rings. The third kappa shape index (κ3) is 4.87. The largest absolute Gasteiger partial charge is 0.383 e. The van der Waals surface area contributed by atoms with E-state index in [9.17, 15) is 0 Å². The van der Waals surface area contributed by atoms with Crippen LogP contribution < -0.4 is 5.32 Å². The van der Waals surface area contributed by atoms with E-state index in [1.807, 2.05) is 13.2 Å². The summed E-state index contributed by atoms with van der Waals surface area (Å²) in [5, 5.41) is 10.9. The summed E-state index contributed by atoms with van der Waals surface area (Å²) in [6, 6.07) is 0. The number of nitrogens with one attached hydrogen (secondary N) is 1. The summed E-state index contributed by atoms with van der Waals surface area (Å²) >= 11 is 0. The Labute approximate surface area is 89.6 Å². The number of hydrogen-bond acceptors (Lipinski definition) is 5. The lowest BCUT2D eigenvalue weighted by atomic mass is 10.5. The van der Waals surface area contributed by atoms with Crippen molar-refractivity contribution in [1.82, 2.24) is 20.3 Å².